The van der Waals surface area contributed by atoms with Crippen LogP contribution in [0.25, 0.3) is 10.4 Å². The van der Waals surface area contributed by atoms with Gasteiger partial charge in [-0.15, -0.1) is 11.5 Å². The van der Waals surface area contributed by atoms with E-state index in [9.17, 15) is 69.2 Å². The number of carboxylic acid groups (broad SMARTS) is 2. The number of hydrogen-bond donors (Lipinski definition) is 7. The van der Waals surface area contributed by atoms with Crippen molar-refractivity contribution in [2.75, 3.05) is 230 Å². The minimum Gasteiger partial charge on any atom is -0.481 e. The quantitative estimate of drug-likeness (QED) is 0.00416. The number of nitrogens with zero attached hydrogens (tertiary/aromatic N) is 10. The fourth-order valence-electron chi connectivity index (χ4n) is 10.9. The zero-order valence-electron chi connectivity index (χ0n) is 81.4. The lowest BCUT2D eigenvalue weighted by atomic mass is 9.84. The summed E-state index contributed by atoms with van der Waals surface area (Å²) in [6, 6.07) is 3.46. The van der Waals surface area contributed by atoms with Gasteiger partial charge in [0, 0.05) is 74.3 Å². The molecule has 0 fully saturated rings. The number of non-ortho nitro benzene ring substituents is 2. The highest BCUT2D eigenvalue weighted by atomic mass is 16.7. The van der Waals surface area contributed by atoms with E-state index in [4.69, 9.17) is 127 Å². The molecule has 4 amide bonds. The van der Waals surface area contributed by atoms with Gasteiger partial charge in [-0.1, -0.05) is 43.4 Å². The highest BCUT2D eigenvalue weighted by Crippen LogP contribution is 2.30. The van der Waals surface area contributed by atoms with E-state index in [1.807, 2.05) is 20.8 Å². The molecule has 0 saturated heterocycles. The number of aryl methyl sites for hydroxylation is 2. The van der Waals surface area contributed by atoms with Gasteiger partial charge in [0.1, 0.15) is 41.3 Å². The van der Waals surface area contributed by atoms with E-state index in [-0.39, 0.29) is 84.5 Å². The molecule has 0 spiro atoms. The van der Waals surface area contributed by atoms with Gasteiger partial charge in [-0.05, 0) is 122 Å². The maximum atomic E-state index is 12.8. The molecular formula is C87H141N15O38. The highest BCUT2D eigenvalue weighted by Gasteiger charge is 2.32. The van der Waals surface area contributed by atoms with E-state index in [1.54, 1.807) is 52.4 Å². The monoisotopic (exact) mass is 2000 g/mol. The van der Waals surface area contributed by atoms with Gasteiger partial charge in [-0.2, -0.15) is 19.2 Å². The number of anilines is 1. The van der Waals surface area contributed by atoms with Gasteiger partial charge in [0.05, 0.1) is 236 Å². The van der Waals surface area contributed by atoms with Crippen LogP contribution in [0, 0.1) is 58.2 Å². The molecule has 53 heteroatoms. The van der Waals surface area contributed by atoms with Crippen molar-refractivity contribution in [2.24, 2.45) is 10.5 Å². The van der Waals surface area contributed by atoms with Gasteiger partial charge >= 0.3 is 48.2 Å². The third-order valence-corrected chi connectivity index (χ3v) is 17.5. The molecule has 0 aliphatic rings. The second-order valence-electron chi connectivity index (χ2n) is 32.1. The second-order valence-corrected chi connectivity index (χ2v) is 32.1. The number of carbonyl (C=O) groups excluding carboxylic acids is 8. The van der Waals surface area contributed by atoms with Gasteiger partial charge in [-0.25, -0.2) is 19.2 Å². The molecule has 53 nitrogen and oxygen atoms in total. The molecule has 7 N–H and O–H groups in total. The molecule has 1 heterocycles. The van der Waals surface area contributed by atoms with E-state index in [0.717, 1.165) is 37.8 Å². The van der Waals surface area contributed by atoms with Gasteiger partial charge in [0.2, 0.25) is 0 Å². The predicted octanol–water partition coefficient (Wildman–Crippen LogP) is 7.67. The molecule has 0 saturated carbocycles. The lowest BCUT2D eigenvalue weighted by Gasteiger charge is -2.32. The Morgan fingerprint density at radius 3 is 1.33 bits per heavy atom. The lowest BCUT2D eigenvalue weighted by molar-refractivity contribution is -0.394. The summed E-state index contributed by atoms with van der Waals surface area (Å²) in [6.07, 6.45) is 12.1. The van der Waals surface area contributed by atoms with Crippen LogP contribution in [-0.4, -0.2) is 347 Å². The first-order valence-corrected chi connectivity index (χ1v) is 45.0. The number of carboxylic acids is 2. The van der Waals surface area contributed by atoms with Crippen LogP contribution in [0.2, 0.25) is 0 Å². The molecule has 1 aromatic heterocycles. The van der Waals surface area contributed by atoms with E-state index >= 15 is 0 Å². The van der Waals surface area contributed by atoms with Crippen molar-refractivity contribution in [1.29, 1.82) is 0 Å². The average molecular weight is 2010 g/mol. The third-order valence-electron chi connectivity index (χ3n) is 17.5. The SMILES string of the molecule is C#CCOCCOCCOCCOCCOCCOCCOCCOCCNc1ccc([N+](=O)[O-])cc1[N+](=O)[O-].CC(C)(C)OC(=O)CC[C@H](NC(=O)N[C@@H](CCCCN=[N+]=[N-])C(C)(C)C)C(=O)OC(C)(C)C.O=C(O)CC[C@H](NC(=O)NCCCCCn1cc(COCCOCCOCCOCCOCCOCCOCCOCCCc2ccc([N+](=O)[O-])cc2[N+](=O)[O-])nn1)C(=O)O.O=C=O.O=C=O. The molecule has 0 aliphatic carbocycles. The molecule has 0 bridgehead atoms. The summed E-state index contributed by atoms with van der Waals surface area (Å²) in [5.74, 6) is -1.10. The zero-order chi connectivity index (χ0) is 105. The summed E-state index contributed by atoms with van der Waals surface area (Å²) in [5, 5.41) is 86.7. The third kappa shape index (κ3) is 79.2. The van der Waals surface area contributed by atoms with Crippen LogP contribution in [0.5, 0.6) is 0 Å². The van der Waals surface area contributed by atoms with E-state index < -0.39 is 78.9 Å². The van der Waals surface area contributed by atoms with Crippen molar-refractivity contribution < 1.29 is 163 Å². The summed E-state index contributed by atoms with van der Waals surface area (Å²) in [6.45, 7) is 31.4. The maximum Gasteiger partial charge on any atom is 0.373 e. The number of esters is 2. The summed E-state index contributed by atoms with van der Waals surface area (Å²) in [4.78, 5) is 148. The predicted molar refractivity (Wildman–Crippen MR) is 493 cm³/mol. The lowest BCUT2D eigenvalue weighted by Crippen LogP contribution is -2.53. The van der Waals surface area contributed by atoms with Crippen molar-refractivity contribution >= 4 is 76.7 Å². The normalized spacial score (nSPS) is 11.6. The van der Waals surface area contributed by atoms with E-state index in [2.05, 4.69) is 52.8 Å². The first kappa shape index (κ1) is 130. The average Bonchev–Trinajstić information content (AvgIpc) is 0.921. The fraction of sp³-hybridized carbons (Fsp3) is 0.724. The van der Waals surface area contributed by atoms with Crippen LogP contribution < -0.4 is 26.6 Å². The standard InChI is InChI=1S/C37H59N7O17.C25H39N3O12.C23H43N5O5.2CO2/c45-35(46)9-8-33(36(47)48)39-37(49)38-10-2-1-3-11-42-28-31(40-41-42)29-61-26-25-60-24-23-59-22-21-58-20-19-57-18-17-56-16-15-55-14-13-54-12-4-5-30-6-7-32(43(50)51)27-34(30)44(52)53;1-2-6-33-8-10-35-12-14-37-16-18-39-20-21-40-19-17-38-15-13-36-11-9-34-7-5-26-24-4-3-23(27(29)30)22-25(24)28(31)32;1-21(2,3)17(12-10-11-15-25-28-24)27-20(31)26-16(19(30)33-23(7,8)9)13-14-18(29)32-22(4,5)6;2*2-1-3/h6-7,27-28,33H,1-5,8-26,29H2,(H,45,46)(H,47,48)(H2,38,39,49);1,3-4,22,26H,5-21H2;16-17H,10-15H2,1-9H3,(H2,26,27,31);;/t33-;;16-,17-;;/m0.0../s1. The Morgan fingerprint density at radius 2 is 0.907 bits per heavy atom. The molecule has 3 rings (SSSR count). The van der Waals surface area contributed by atoms with Crippen LogP contribution in [0.1, 0.15) is 144 Å². The molecule has 0 aliphatic heterocycles. The number of hydrogen-bond acceptors (Lipinski definition) is 40. The number of nitrogens with one attached hydrogen (secondary N) is 5. The number of nitro benzene ring substituents is 4. The number of carbonyl (C=O) groups is 6. The molecule has 2 aromatic carbocycles. The minimum atomic E-state index is -1.29. The highest BCUT2D eigenvalue weighted by molar-refractivity contribution is 5.85. The number of unbranched alkanes of at least 4 members (excludes halogenated alkanes) is 3. The number of rotatable bonds is 79. The van der Waals surface area contributed by atoms with Gasteiger partial charge in [0.15, 0.2) is 0 Å². The number of aliphatic carboxylic acids is 2. The fourth-order valence-corrected chi connectivity index (χ4v) is 10.9. The summed E-state index contributed by atoms with van der Waals surface area (Å²) in [5.41, 5.74) is 6.78. The molecule has 3 atom stereocenters. The molecule has 792 valence electrons. The number of amides is 4. The Labute approximate surface area is 812 Å². The number of nitro groups is 4. The number of ether oxygens (including phenoxy) is 18. The molecule has 0 unspecified atom stereocenters. The molecule has 140 heavy (non-hydrogen) atoms. The Balaban J connectivity index is 0. The van der Waals surface area contributed by atoms with Crippen LogP contribution in [0.4, 0.5) is 38.0 Å². The van der Waals surface area contributed by atoms with Crippen LogP contribution in [-0.2, 0) is 143 Å². The topological polar surface area (TPSA) is 689 Å². The van der Waals surface area contributed by atoms with Crippen LogP contribution in [0.15, 0.2) is 47.7 Å². The smallest absolute Gasteiger partial charge is 0.373 e. The number of aromatic nitrogens is 3. The Hall–Kier alpha value is -11.6. The van der Waals surface area contributed by atoms with E-state index in [1.165, 1.54) is 24.3 Å². The number of terminal acetylenes is 1. The molecule has 0 radical (unpaired) electrons. The Bertz CT molecular complexity index is 4040. The first-order valence-electron chi connectivity index (χ1n) is 45.0. The zero-order valence-corrected chi connectivity index (χ0v) is 81.4. The van der Waals surface area contributed by atoms with Gasteiger partial charge < -0.3 is 122 Å². The maximum absolute atomic E-state index is 12.8. The van der Waals surface area contributed by atoms with Crippen molar-refractivity contribution in [2.45, 2.75) is 182 Å². The van der Waals surface area contributed by atoms with Crippen molar-refractivity contribution in [1.82, 2.24) is 36.3 Å². The summed E-state index contributed by atoms with van der Waals surface area (Å²) >= 11 is 0. The second kappa shape index (κ2) is 85.4. The summed E-state index contributed by atoms with van der Waals surface area (Å²) in [7, 11) is 0. The molecule has 3 aromatic rings. The number of urea groups is 2. The molecular weight excluding hydrogens is 1860 g/mol. The van der Waals surface area contributed by atoms with Gasteiger partial charge in [-0.3, -0.25) is 54.7 Å². The van der Waals surface area contributed by atoms with Crippen molar-refractivity contribution in [3.8, 4) is 12.3 Å². The first-order chi connectivity index (χ1) is 66.9. The number of azide groups is 1. The van der Waals surface area contributed by atoms with Crippen LogP contribution in [0.3, 0.4) is 0 Å². The Kier molecular flexibility index (Phi) is 79.5. The minimum absolute atomic E-state index is 0.0381. The van der Waals surface area contributed by atoms with E-state index in [0.29, 0.717) is 268 Å². The van der Waals surface area contributed by atoms with Crippen molar-refractivity contribution in [3.63, 3.8) is 0 Å². The van der Waals surface area contributed by atoms with Gasteiger partial charge in [0.25, 0.3) is 22.7 Å². The van der Waals surface area contributed by atoms with Crippen molar-refractivity contribution in [3.05, 3.63) is 105 Å². The largest absolute Gasteiger partial charge is 0.481 e. The number of benzene rings is 2. The van der Waals surface area contributed by atoms with Crippen LogP contribution >= 0.6 is 0 Å². The Morgan fingerprint density at radius 1 is 0.486 bits per heavy atom. The summed E-state index contributed by atoms with van der Waals surface area (Å²) < 4.78 is 99.2.